The lowest BCUT2D eigenvalue weighted by atomic mass is 10.0. The molecule has 0 rings (SSSR count). The quantitative estimate of drug-likeness (QED) is 0.0904. The standard InChI is InChI=1S/C28H54O3/c1-4-5-6-7-8-9-10-11-13-16-19-22-25-30-28(29)31-26-23-20-17-14-12-15-18-21-24-27(2)3/h7-8,27H,4-6,9-26H2,1-3H3. The fraction of sp³-hybridized carbons (Fsp3) is 0.893. The molecule has 31 heavy (non-hydrogen) atoms. The van der Waals surface area contributed by atoms with Crippen LogP contribution in [0.1, 0.15) is 143 Å². The summed E-state index contributed by atoms with van der Waals surface area (Å²) in [4.78, 5) is 11.6. The smallest absolute Gasteiger partial charge is 0.434 e. The van der Waals surface area contributed by atoms with Gasteiger partial charge in [0, 0.05) is 0 Å². The molecule has 0 aromatic carbocycles. The van der Waals surface area contributed by atoms with E-state index in [0.29, 0.717) is 13.2 Å². The molecule has 0 saturated heterocycles. The Bertz CT molecular complexity index is 390. The van der Waals surface area contributed by atoms with E-state index in [1.54, 1.807) is 0 Å². The summed E-state index contributed by atoms with van der Waals surface area (Å²) in [6.45, 7) is 7.84. The third-order valence-electron chi connectivity index (χ3n) is 5.77. The topological polar surface area (TPSA) is 35.5 Å². The molecule has 0 atom stereocenters. The van der Waals surface area contributed by atoms with Gasteiger partial charge in [-0.1, -0.05) is 123 Å². The largest absolute Gasteiger partial charge is 0.508 e. The lowest BCUT2D eigenvalue weighted by Crippen LogP contribution is -2.09. The van der Waals surface area contributed by atoms with Gasteiger partial charge in [-0.25, -0.2) is 4.79 Å². The fourth-order valence-corrected chi connectivity index (χ4v) is 3.70. The molecule has 0 unspecified atom stereocenters. The summed E-state index contributed by atoms with van der Waals surface area (Å²) in [5.41, 5.74) is 0. The summed E-state index contributed by atoms with van der Waals surface area (Å²) in [7, 11) is 0. The molecule has 0 aromatic heterocycles. The van der Waals surface area contributed by atoms with Crippen molar-refractivity contribution in [2.24, 2.45) is 5.92 Å². The van der Waals surface area contributed by atoms with Gasteiger partial charge in [0.1, 0.15) is 0 Å². The van der Waals surface area contributed by atoms with E-state index in [1.165, 1.54) is 96.3 Å². The van der Waals surface area contributed by atoms with E-state index in [2.05, 4.69) is 32.9 Å². The highest BCUT2D eigenvalue weighted by molar-refractivity contribution is 5.59. The first kappa shape index (κ1) is 30.0. The van der Waals surface area contributed by atoms with Gasteiger partial charge in [0.25, 0.3) is 0 Å². The van der Waals surface area contributed by atoms with Crippen molar-refractivity contribution in [3.8, 4) is 0 Å². The van der Waals surface area contributed by atoms with E-state index in [0.717, 1.165) is 31.6 Å². The maximum absolute atomic E-state index is 11.6. The van der Waals surface area contributed by atoms with Crippen LogP contribution in [0.3, 0.4) is 0 Å². The minimum atomic E-state index is -0.486. The summed E-state index contributed by atoms with van der Waals surface area (Å²) in [6, 6.07) is 0. The van der Waals surface area contributed by atoms with E-state index >= 15 is 0 Å². The molecule has 0 amide bonds. The second-order valence-electron chi connectivity index (χ2n) is 9.48. The van der Waals surface area contributed by atoms with Gasteiger partial charge in [-0.15, -0.1) is 0 Å². The van der Waals surface area contributed by atoms with Gasteiger partial charge in [-0.05, 0) is 38.0 Å². The zero-order valence-corrected chi connectivity index (χ0v) is 21.3. The predicted molar refractivity (Wildman–Crippen MR) is 135 cm³/mol. The third-order valence-corrected chi connectivity index (χ3v) is 5.77. The molecule has 0 aromatic rings. The summed E-state index contributed by atoms with van der Waals surface area (Å²) < 4.78 is 10.3. The first-order valence-electron chi connectivity index (χ1n) is 13.6. The van der Waals surface area contributed by atoms with E-state index in [9.17, 15) is 4.79 Å². The summed E-state index contributed by atoms with van der Waals surface area (Å²) in [5, 5.41) is 0. The van der Waals surface area contributed by atoms with Crippen LogP contribution < -0.4 is 0 Å². The Balaban J connectivity index is 3.19. The van der Waals surface area contributed by atoms with Gasteiger partial charge in [0.2, 0.25) is 0 Å². The Morgan fingerprint density at radius 1 is 0.613 bits per heavy atom. The van der Waals surface area contributed by atoms with Crippen molar-refractivity contribution in [3.05, 3.63) is 12.2 Å². The van der Waals surface area contributed by atoms with Gasteiger partial charge in [-0.3, -0.25) is 0 Å². The molecule has 0 heterocycles. The monoisotopic (exact) mass is 438 g/mol. The van der Waals surface area contributed by atoms with E-state index in [4.69, 9.17) is 9.47 Å². The summed E-state index contributed by atoms with van der Waals surface area (Å²) in [5.74, 6) is 0.842. The van der Waals surface area contributed by atoms with Crippen LogP contribution in [0.25, 0.3) is 0 Å². The molecule has 0 saturated carbocycles. The van der Waals surface area contributed by atoms with Gasteiger partial charge >= 0.3 is 6.16 Å². The number of carbonyl (C=O) groups is 1. The van der Waals surface area contributed by atoms with E-state index < -0.39 is 6.16 Å². The molecular formula is C28H54O3. The zero-order valence-electron chi connectivity index (χ0n) is 21.3. The molecule has 0 bridgehead atoms. The van der Waals surface area contributed by atoms with Gasteiger partial charge in [0.15, 0.2) is 0 Å². The van der Waals surface area contributed by atoms with Crippen LogP contribution in [-0.2, 0) is 9.47 Å². The van der Waals surface area contributed by atoms with Crippen molar-refractivity contribution >= 4 is 6.16 Å². The maximum atomic E-state index is 11.6. The van der Waals surface area contributed by atoms with Crippen LogP contribution in [0, 0.1) is 5.92 Å². The Labute approximate surface area is 194 Å². The molecule has 0 aliphatic heterocycles. The van der Waals surface area contributed by atoms with Crippen LogP contribution in [0.15, 0.2) is 12.2 Å². The van der Waals surface area contributed by atoms with Crippen LogP contribution in [0.4, 0.5) is 4.79 Å². The number of hydrogen-bond acceptors (Lipinski definition) is 3. The van der Waals surface area contributed by atoms with Crippen LogP contribution >= 0.6 is 0 Å². The van der Waals surface area contributed by atoms with E-state index in [-0.39, 0.29) is 0 Å². The highest BCUT2D eigenvalue weighted by Crippen LogP contribution is 2.13. The first-order valence-corrected chi connectivity index (χ1v) is 13.6. The number of unbranched alkanes of at least 4 members (excludes halogenated alkanes) is 15. The molecule has 0 aliphatic carbocycles. The Kier molecular flexibility index (Phi) is 24.5. The van der Waals surface area contributed by atoms with Crippen molar-refractivity contribution in [2.45, 2.75) is 143 Å². The average Bonchev–Trinajstić information content (AvgIpc) is 2.75. The second-order valence-corrected chi connectivity index (χ2v) is 9.48. The molecular weight excluding hydrogens is 384 g/mol. The van der Waals surface area contributed by atoms with Crippen molar-refractivity contribution in [1.82, 2.24) is 0 Å². The van der Waals surface area contributed by atoms with E-state index in [1.807, 2.05) is 0 Å². The minimum absolute atomic E-state index is 0.486. The highest BCUT2D eigenvalue weighted by atomic mass is 16.7. The minimum Gasteiger partial charge on any atom is -0.434 e. The Hall–Kier alpha value is -0.990. The fourth-order valence-electron chi connectivity index (χ4n) is 3.70. The maximum Gasteiger partial charge on any atom is 0.508 e. The van der Waals surface area contributed by atoms with Crippen LogP contribution in [0.2, 0.25) is 0 Å². The number of rotatable bonds is 23. The number of allylic oxidation sites excluding steroid dienone is 2. The Morgan fingerprint density at radius 2 is 1.03 bits per heavy atom. The van der Waals surface area contributed by atoms with Crippen molar-refractivity contribution in [1.29, 1.82) is 0 Å². The summed E-state index contributed by atoms with van der Waals surface area (Å²) >= 11 is 0. The lowest BCUT2D eigenvalue weighted by Gasteiger charge is -2.07. The van der Waals surface area contributed by atoms with Gasteiger partial charge in [0.05, 0.1) is 13.2 Å². The summed E-state index contributed by atoms with van der Waals surface area (Å²) in [6.07, 6.45) is 27.9. The SMILES string of the molecule is CCCCC=CCCCCCCCCOC(=O)OCCCCCCCCCCC(C)C. The first-order chi connectivity index (χ1) is 15.2. The third kappa shape index (κ3) is 27.0. The molecule has 0 fully saturated rings. The lowest BCUT2D eigenvalue weighted by molar-refractivity contribution is 0.0529. The van der Waals surface area contributed by atoms with Crippen LogP contribution in [0.5, 0.6) is 0 Å². The molecule has 184 valence electrons. The molecule has 3 heteroatoms. The molecule has 0 N–H and O–H groups in total. The van der Waals surface area contributed by atoms with Crippen LogP contribution in [-0.4, -0.2) is 19.4 Å². The number of carbonyl (C=O) groups excluding carboxylic acids is 1. The van der Waals surface area contributed by atoms with Gasteiger partial charge in [-0.2, -0.15) is 0 Å². The molecule has 0 aliphatic rings. The average molecular weight is 439 g/mol. The molecule has 0 radical (unpaired) electrons. The normalized spacial score (nSPS) is 11.5. The number of ether oxygens (including phenoxy) is 2. The van der Waals surface area contributed by atoms with Gasteiger partial charge < -0.3 is 9.47 Å². The predicted octanol–water partition coefficient (Wildman–Crippen LogP) is 9.78. The van der Waals surface area contributed by atoms with Crippen molar-refractivity contribution < 1.29 is 14.3 Å². The molecule has 0 spiro atoms. The Morgan fingerprint density at radius 3 is 1.52 bits per heavy atom. The number of hydrogen-bond donors (Lipinski definition) is 0. The van der Waals surface area contributed by atoms with Crippen molar-refractivity contribution in [3.63, 3.8) is 0 Å². The highest BCUT2D eigenvalue weighted by Gasteiger charge is 2.03. The zero-order chi connectivity index (χ0) is 22.8. The van der Waals surface area contributed by atoms with Crippen molar-refractivity contribution in [2.75, 3.05) is 13.2 Å². The second kappa shape index (κ2) is 25.3. The molecule has 3 nitrogen and oxygen atoms in total.